The molecule has 0 saturated carbocycles. The quantitative estimate of drug-likeness (QED) is 0.435. The van der Waals surface area contributed by atoms with E-state index in [-0.39, 0.29) is 0 Å². The highest BCUT2D eigenvalue weighted by molar-refractivity contribution is 7.09. The Bertz CT molecular complexity index is 937. The molecule has 2 N–H and O–H groups in total. The van der Waals surface area contributed by atoms with E-state index >= 15 is 0 Å². The van der Waals surface area contributed by atoms with E-state index in [9.17, 15) is 0 Å². The second kappa shape index (κ2) is 10.6. The molecule has 152 valence electrons. The molecule has 1 aromatic heterocycles. The molecule has 0 atom stereocenters. The molecule has 0 saturated heterocycles. The molecule has 0 radical (unpaired) electrons. The van der Waals surface area contributed by atoms with Gasteiger partial charge in [-0.25, -0.2) is 4.98 Å². The summed E-state index contributed by atoms with van der Waals surface area (Å²) in [7, 11) is 3.47. The number of aliphatic imine (C=N–C) groups is 1. The third-order valence-corrected chi connectivity index (χ3v) is 5.58. The van der Waals surface area contributed by atoms with Crippen molar-refractivity contribution in [3.63, 3.8) is 0 Å². The van der Waals surface area contributed by atoms with Crippen LogP contribution in [-0.4, -0.2) is 25.1 Å². The minimum absolute atomic E-state index is 0.641. The maximum atomic E-state index is 5.47. The molecule has 0 aliphatic heterocycles. The van der Waals surface area contributed by atoms with Gasteiger partial charge in [-0.1, -0.05) is 42.5 Å². The summed E-state index contributed by atoms with van der Waals surface area (Å²) in [6, 6.07) is 16.7. The van der Waals surface area contributed by atoms with Gasteiger partial charge in [-0.3, -0.25) is 4.99 Å². The number of benzene rings is 2. The van der Waals surface area contributed by atoms with Gasteiger partial charge in [0, 0.05) is 31.0 Å². The minimum Gasteiger partial charge on any atom is -0.496 e. The van der Waals surface area contributed by atoms with E-state index in [4.69, 9.17) is 9.72 Å². The van der Waals surface area contributed by atoms with Gasteiger partial charge < -0.3 is 15.4 Å². The molecule has 2 aromatic carbocycles. The molecular formula is C23H28N4OS. The molecule has 29 heavy (non-hydrogen) atoms. The Hall–Kier alpha value is -2.86. The summed E-state index contributed by atoms with van der Waals surface area (Å²) in [5, 5.41) is 9.95. The van der Waals surface area contributed by atoms with E-state index in [0.29, 0.717) is 13.1 Å². The standard InChI is InChI=1S/C23H28N4OS/c1-17-9-11-19(21(13-17)28-3)14-25-23(24-2)26-15-20-16-29-22(27-20)12-10-18-7-5-4-6-8-18/h4-9,11,13,16H,10,12,14-15H2,1-3H3,(H2,24,25,26). The summed E-state index contributed by atoms with van der Waals surface area (Å²) in [4.78, 5) is 9.04. The van der Waals surface area contributed by atoms with Gasteiger partial charge in [0.1, 0.15) is 5.75 Å². The van der Waals surface area contributed by atoms with E-state index in [1.54, 1.807) is 25.5 Å². The van der Waals surface area contributed by atoms with E-state index < -0.39 is 0 Å². The average molecular weight is 409 g/mol. The fourth-order valence-electron chi connectivity index (χ4n) is 3.01. The molecule has 0 aliphatic rings. The van der Waals surface area contributed by atoms with Crippen LogP contribution in [0.5, 0.6) is 5.75 Å². The number of hydrogen-bond donors (Lipinski definition) is 2. The lowest BCUT2D eigenvalue weighted by molar-refractivity contribution is 0.408. The van der Waals surface area contributed by atoms with Gasteiger partial charge in [-0.05, 0) is 30.5 Å². The first-order valence-corrected chi connectivity index (χ1v) is 10.6. The highest BCUT2D eigenvalue weighted by atomic mass is 32.1. The molecule has 1 heterocycles. The number of hydrogen-bond acceptors (Lipinski definition) is 4. The number of nitrogens with one attached hydrogen (secondary N) is 2. The van der Waals surface area contributed by atoms with Crippen LogP contribution >= 0.6 is 11.3 Å². The van der Waals surface area contributed by atoms with Crippen LogP contribution in [-0.2, 0) is 25.9 Å². The van der Waals surface area contributed by atoms with Crippen molar-refractivity contribution in [1.82, 2.24) is 15.6 Å². The predicted octanol–water partition coefficient (Wildman–Crippen LogP) is 4.11. The lowest BCUT2D eigenvalue weighted by Gasteiger charge is -2.13. The number of nitrogens with zero attached hydrogens (tertiary/aromatic N) is 2. The predicted molar refractivity (Wildman–Crippen MR) is 121 cm³/mol. The second-order valence-electron chi connectivity index (χ2n) is 6.81. The third-order valence-electron chi connectivity index (χ3n) is 4.62. The third kappa shape index (κ3) is 6.32. The van der Waals surface area contributed by atoms with Gasteiger partial charge in [0.25, 0.3) is 0 Å². The maximum absolute atomic E-state index is 5.47. The molecular weight excluding hydrogens is 380 g/mol. The SMILES string of the molecule is CN=C(NCc1csc(CCc2ccccc2)n1)NCc1ccc(C)cc1OC. The van der Waals surface area contributed by atoms with Crippen LogP contribution in [0.2, 0.25) is 0 Å². The van der Waals surface area contributed by atoms with Crippen LogP contribution in [0, 0.1) is 6.92 Å². The molecule has 0 aliphatic carbocycles. The van der Waals surface area contributed by atoms with Gasteiger partial charge in [0.05, 0.1) is 24.4 Å². The van der Waals surface area contributed by atoms with Crippen molar-refractivity contribution in [3.05, 3.63) is 81.3 Å². The number of ether oxygens (including phenoxy) is 1. The van der Waals surface area contributed by atoms with Gasteiger partial charge in [-0.2, -0.15) is 0 Å². The van der Waals surface area contributed by atoms with Crippen molar-refractivity contribution in [2.45, 2.75) is 32.9 Å². The minimum atomic E-state index is 0.641. The molecule has 0 fully saturated rings. The van der Waals surface area contributed by atoms with E-state index in [0.717, 1.165) is 40.8 Å². The summed E-state index contributed by atoms with van der Waals surface area (Å²) in [6.45, 7) is 3.34. The van der Waals surface area contributed by atoms with Gasteiger partial charge in [0.2, 0.25) is 0 Å². The zero-order chi connectivity index (χ0) is 20.5. The van der Waals surface area contributed by atoms with E-state index in [2.05, 4.69) is 64.3 Å². The monoisotopic (exact) mass is 408 g/mol. The summed E-state index contributed by atoms with van der Waals surface area (Å²) >= 11 is 1.72. The zero-order valence-electron chi connectivity index (χ0n) is 17.2. The fourth-order valence-corrected chi connectivity index (χ4v) is 3.81. The Kier molecular flexibility index (Phi) is 7.64. The molecule has 0 unspecified atom stereocenters. The molecule has 0 bridgehead atoms. The normalized spacial score (nSPS) is 11.3. The van der Waals surface area contributed by atoms with Crippen molar-refractivity contribution in [3.8, 4) is 5.75 Å². The molecule has 3 aromatic rings. The number of rotatable bonds is 8. The lowest BCUT2D eigenvalue weighted by Crippen LogP contribution is -2.36. The molecule has 5 nitrogen and oxygen atoms in total. The molecule has 6 heteroatoms. The Morgan fingerprint density at radius 1 is 1.07 bits per heavy atom. The van der Waals surface area contributed by atoms with Crippen molar-refractivity contribution >= 4 is 17.3 Å². The van der Waals surface area contributed by atoms with Gasteiger partial charge >= 0.3 is 0 Å². The summed E-state index contributed by atoms with van der Waals surface area (Å²) in [6.07, 6.45) is 1.98. The van der Waals surface area contributed by atoms with Crippen LogP contribution in [0.1, 0.15) is 27.4 Å². The van der Waals surface area contributed by atoms with E-state index in [1.165, 1.54) is 11.1 Å². The van der Waals surface area contributed by atoms with Crippen LogP contribution in [0.3, 0.4) is 0 Å². The molecule has 0 spiro atoms. The van der Waals surface area contributed by atoms with Crippen molar-refractivity contribution in [2.75, 3.05) is 14.2 Å². The summed E-state index contributed by atoms with van der Waals surface area (Å²) in [5.41, 5.74) is 4.66. The fraction of sp³-hybridized carbons (Fsp3) is 0.304. The van der Waals surface area contributed by atoms with Gasteiger partial charge in [0.15, 0.2) is 5.96 Å². The largest absolute Gasteiger partial charge is 0.496 e. The van der Waals surface area contributed by atoms with Crippen molar-refractivity contribution < 1.29 is 4.74 Å². The van der Waals surface area contributed by atoms with E-state index in [1.807, 2.05) is 12.1 Å². The summed E-state index contributed by atoms with van der Waals surface area (Å²) in [5.74, 6) is 1.63. The number of aromatic nitrogens is 1. The second-order valence-corrected chi connectivity index (χ2v) is 7.76. The van der Waals surface area contributed by atoms with Gasteiger partial charge in [-0.15, -0.1) is 11.3 Å². The van der Waals surface area contributed by atoms with Crippen molar-refractivity contribution in [1.29, 1.82) is 0 Å². The highest BCUT2D eigenvalue weighted by Gasteiger charge is 2.07. The van der Waals surface area contributed by atoms with Crippen LogP contribution in [0.4, 0.5) is 0 Å². The maximum Gasteiger partial charge on any atom is 0.191 e. The topological polar surface area (TPSA) is 58.5 Å². The van der Waals surface area contributed by atoms with Crippen LogP contribution < -0.4 is 15.4 Å². The number of guanidine groups is 1. The first-order chi connectivity index (χ1) is 14.2. The smallest absolute Gasteiger partial charge is 0.191 e. The molecule has 3 rings (SSSR count). The average Bonchev–Trinajstić information content (AvgIpc) is 3.21. The van der Waals surface area contributed by atoms with Crippen LogP contribution in [0.25, 0.3) is 0 Å². The molecule has 0 amide bonds. The van der Waals surface area contributed by atoms with Crippen LogP contribution in [0.15, 0.2) is 58.9 Å². The lowest BCUT2D eigenvalue weighted by atomic mass is 10.1. The Balaban J connectivity index is 1.48. The zero-order valence-corrected chi connectivity index (χ0v) is 18.1. The highest BCUT2D eigenvalue weighted by Crippen LogP contribution is 2.19. The first-order valence-electron chi connectivity index (χ1n) is 9.73. The Morgan fingerprint density at radius 2 is 1.86 bits per heavy atom. The van der Waals surface area contributed by atoms with Crippen molar-refractivity contribution in [2.24, 2.45) is 4.99 Å². The summed E-state index contributed by atoms with van der Waals surface area (Å²) < 4.78 is 5.47. The number of thiazole rings is 1. The number of aryl methyl sites for hydroxylation is 3. The first kappa shape index (κ1) is 20.9. The Labute approximate surface area is 176 Å². The Morgan fingerprint density at radius 3 is 2.62 bits per heavy atom. The number of methoxy groups -OCH3 is 1.